The van der Waals surface area contributed by atoms with Crippen molar-refractivity contribution in [2.24, 2.45) is 0 Å². The van der Waals surface area contributed by atoms with Crippen LogP contribution in [-0.4, -0.2) is 30.1 Å². The second-order valence-electron chi connectivity index (χ2n) is 5.00. The van der Waals surface area contributed by atoms with Crippen molar-refractivity contribution in [2.45, 2.75) is 13.5 Å². The molecule has 0 aliphatic carbocycles. The van der Waals surface area contributed by atoms with Crippen molar-refractivity contribution in [3.05, 3.63) is 46.9 Å². The summed E-state index contributed by atoms with van der Waals surface area (Å²) < 4.78 is 0. The Kier molecular flexibility index (Phi) is 5.16. The summed E-state index contributed by atoms with van der Waals surface area (Å²) in [7, 11) is 3.82. The first-order valence-electron chi connectivity index (χ1n) is 6.76. The number of hydrogen-bond acceptors (Lipinski definition) is 4. The summed E-state index contributed by atoms with van der Waals surface area (Å²) in [5, 5.41) is 5.99. The summed E-state index contributed by atoms with van der Waals surface area (Å²) in [6.07, 6.45) is 0. The molecular formula is C15H18ClN5O. The summed E-state index contributed by atoms with van der Waals surface area (Å²) in [6.45, 7) is 2.14. The third-order valence-corrected chi connectivity index (χ3v) is 3.07. The molecule has 7 heteroatoms. The highest BCUT2D eigenvalue weighted by atomic mass is 35.5. The number of hydrogen-bond donors (Lipinski definition) is 2. The van der Waals surface area contributed by atoms with Gasteiger partial charge in [0.15, 0.2) is 0 Å². The molecule has 1 aromatic carbocycles. The van der Waals surface area contributed by atoms with Gasteiger partial charge in [0.05, 0.1) is 6.54 Å². The molecule has 0 aliphatic heterocycles. The van der Waals surface area contributed by atoms with E-state index in [4.69, 9.17) is 11.6 Å². The lowest BCUT2D eigenvalue weighted by molar-refractivity contribution is 0.251. The molecule has 0 saturated heterocycles. The lowest BCUT2D eigenvalue weighted by atomic mass is 10.3. The van der Waals surface area contributed by atoms with Gasteiger partial charge in [0.2, 0.25) is 0 Å². The van der Waals surface area contributed by atoms with E-state index in [-0.39, 0.29) is 12.6 Å². The maximum atomic E-state index is 11.9. The summed E-state index contributed by atoms with van der Waals surface area (Å²) in [5.74, 6) is 1.37. The van der Waals surface area contributed by atoms with Gasteiger partial charge in [-0.3, -0.25) is 0 Å². The van der Waals surface area contributed by atoms with Crippen LogP contribution in [-0.2, 0) is 6.54 Å². The van der Waals surface area contributed by atoms with E-state index in [9.17, 15) is 4.79 Å². The molecule has 2 rings (SSSR count). The first kappa shape index (κ1) is 16.0. The monoisotopic (exact) mass is 319 g/mol. The van der Waals surface area contributed by atoms with Gasteiger partial charge in [-0.15, -0.1) is 0 Å². The van der Waals surface area contributed by atoms with Gasteiger partial charge in [-0.25, -0.2) is 14.8 Å². The number of aryl methyl sites for hydroxylation is 1. The first-order valence-corrected chi connectivity index (χ1v) is 7.14. The van der Waals surface area contributed by atoms with Gasteiger partial charge >= 0.3 is 6.03 Å². The Morgan fingerprint density at radius 1 is 1.27 bits per heavy atom. The van der Waals surface area contributed by atoms with E-state index < -0.39 is 0 Å². The first-order chi connectivity index (χ1) is 10.4. The van der Waals surface area contributed by atoms with Gasteiger partial charge in [0.1, 0.15) is 11.6 Å². The second-order valence-corrected chi connectivity index (χ2v) is 5.43. The number of benzene rings is 1. The number of rotatable bonds is 4. The highest BCUT2D eigenvalue weighted by Gasteiger charge is 2.06. The summed E-state index contributed by atoms with van der Waals surface area (Å²) in [6, 6.07) is 8.50. The van der Waals surface area contributed by atoms with Crippen LogP contribution in [0.15, 0.2) is 30.3 Å². The van der Waals surface area contributed by atoms with E-state index in [2.05, 4.69) is 20.6 Å². The minimum absolute atomic E-state index is 0.245. The van der Waals surface area contributed by atoms with Crippen LogP contribution in [0.25, 0.3) is 0 Å². The Bertz CT molecular complexity index is 675. The standard InChI is InChI=1S/C15H18ClN5O/c1-10-7-14(21(2)3)20-13(18-10)9-17-15(22)19-12-6-4-5-11(16)8-12/h4-8H,9H2,1-3H3,(H2,17,19,22). The van der Waals surface area contributed by atoms with Gasteiger partial charge in [-0.05, 0) is 25.1 Å². The Labute approximate surface area is 134 Å². The van der Waals surface area contributed by atoms with E-state index in [1.54, 1.807) is 24.3 Å². The average Bonchev–Trinajstić information content (AvgIpc) is 2.44. The number of nitrogens with one attached hydrogen (secondary N) is 2. The SMILES string of the molecule is Cc1cc(N(C)C)nc(CNC(=O)Nc2cccc(Cl)c2)n1. The highest BCUT2D eigenvalue weighted by Crippen LogP contribution is 2.14. The van der Waals surface area contributed by atoms with E-state index in [1.165, 1.54) is 0 Å². The topological polar surface area (TPSA) is 70.2 Å². The smallest absolute Gasteiger partial charge is 0.319 e. The van der Waals surface area contributed by atoms with Gasteiger partial charge in [-0.1, -0.05) is 17.7 Å². The van der Waals surface area contributed by atoms with Gasteiger partial charge in [0.25, 0.3) is 0 Å². The molecule has 2 N–H and O–H groups in total. The fourth-order valence-electron chi connectivity index (χ4n) is 1.82. The Morgan fingerprint density at radius 2 is 2.05 bits per heavy atom. The summed E-state index contributed by atoms with van der Waals surface area (Å²) >= 11 is 5.87. The third-order valence-electron chi connectivity index (χ3n) is 2.83. The van der Waals surface area contributed by atoms with Crippen molar-refractivity contribution in [1.29, 1.82) is 0 Å². The zero-order valence-corrected chi connectivity index (χ0v) is 13.5. The predicted molar refractivity (Wildman–Crippen MR) is 88.4 cm³/mol. The number of halogens is 1. The molecule has 1 heterocycles. The van der Waals surface area contributed by atoms with Crippen LogP contribution in [0.3, 0.4) is 0 Å². The van der Waals surface area contributed by atoms with Gasteiger partial charge in [0, 0.05) is 36.6 Å². The molecule has 0 spiro atoms. The van der Waals surface area contributed by atoms with Crippen molar-refractivity contribution < 1.29 is 4.79 Å². The van der Waals surface area contributed by atoms with Crippen molar-refractivity contribution in [3.8, 4) is 0 Å². The Balaban J connectivity index is 1.96. The Hall–Kier alpha value is -2.34. The van der Waals surface area contributed by atoms with E-state index in [1.807, 2.05) is 32.0 Å². The van der Waals surface area contributed by atoms with Crippen LogP contribution in [0.4, 0.5) is 16.3 Å². The van der Waals surface area contributed by atoms with Crippen LogP contribution < -0.4 is 15.5 Å². The summed E-state index contributed by atoms with van der Waals surface area (Å²) in [4.78, 5) is 22.4. The maximum absolute atomic E-state index is 11.9. The Morgan fingerprint density at radius 3 is 2.73 bits per heavy atom. The van der Waals surface area contributed by atoms with Gasteiger partial charge in [-0.2, -0.15) is 0 Å². The predicted octanol–water partition coefficient (Wildman–Crippen LogP) is 2.83. The maximum Gasteiger partial charge on any atom is 0.319 e. The second kappa shape index (κ2) is 7.09. The molecule has 6 nitrogen and oxygen atoms in total. The lowest BCUT2D eigenvalue weighted by Gasteiger charge is -2.13. The minimum Gasteiger partial charge on any atom is -0.363 e. The number of anilines is 2. The molecule has 1 aromatic heterocycles. The van der Waals surface area contributed by atoms with Crippen molar-refractivity contribution in [3.63, 3.8) is 0 Å². The number of amides is 2. The molecule has 0 unspecified atom stereocenters. The van der Waals surface area contributed by atoms with Crippen LogP contribution in [0, 0.1) is 6.92 Å². The molecule has 0 bridgehead atoms. The quantitative estimate of drug-likeness (QED) is 0.909. The summed E-state index contributed by atoms with van der Waals surface area (Å²) in [5.41, 5.74) is 1.48. The molecule has 2 amide bonds. The number of nitrogens with zero attached hydrogens (tertiary/aromatic N) is 3. The van der Waals surface area contributed by atoms with Crippen LogP contribution >= 0.6 is 11.6 Å². The number of carbonyl (C=O) groups is 1. The lowest BCUT2D eigenvalue weighted by Crippen LogP contribution is -2.29. The highest BCUT2D eigenvalue weighted by molar-refractivity contribution is 6.30. The fourth-order valence-corrected chi connectivity index (χ4v) is 2.01. The van der Waals surface area contributed by atoms with E-state index >= 15 is 0 Å². The molecule has 22 heavy (non-hydrogen) atoms. The zero-order valence-electron chi connectivity index (χ0n) is 12.7. The number of urea groups is 1. The number of aromatic nitrogens is 2. The normalized spacial score (nSPS) is 10.2. The van der Waals surface area contributed by atoms with Crippen LogP contribution in [0.5, 0.6) is 0 Å². The zero-order chi connectivity index (χ0) is 16.1. The molecule has 0 saturated carbocycles. The molecule has 0 radical (unpaired) electrons. The fraction of sp³-hybridized carbons (Fsp3) is 0.267. The minimum atomic E-state index is -0.334. The van der Waals surface area contributed by atoms with E-state index in [0.29, 0.717) is 16.5 Å². The molecule has 0 atom stereocenters. The van der Waals surface area contributed by atoms with Crippen molar-refractivity contribution in [1.82, 2.24) is 15.3 Å². The third kappa shape index (κ3) is 4.60. The average molecular weight is 320 g/mol. The van der Waals surface area contributed by atoms with Crippen molar-refractivity contribution >= 4 is 29.1 Å². The van der Waals surface area contributed by atoms with E-state index in [0.717, 1.165) is 11.5 Å². The van der Waals surface area contributed by atoms with Crippen LogP contribution in [0.1, 0.15) is 11.5 Å². The molecule has 0 aliphatic rings. The molecular weight excluding hydrogens is 302 g/mol. The molecule has 2 aromatic rings. The van der Waals surface area contributed by atoms with Crippen LogP contribution in [0.2, 0.25) is 5.02 Å². The largest absolute Gasteiger partial charge is 0.363 e. The number of carbonyl (C=O) groups excluding carboxylic acids is 1. The van der Waals surface area contributed by atoms with Crippen molar-refractivity contribution in [2.75, 3.05) is 24.3 Å². The molecule has 116 valence electrons. The molecule has 0 fully saturated rings. The van der Waals surface area contributed by atoms with Gasteiger partial charge < -0.3 is 15.5 Å².